The summed E-state index contributed by atoms with van der Waals surface area (Å²) < 4.78 is 0. The zero-order chi connectivity index (χ0) is 12.3. The number of rotatable bonds is 3. The normalized spacial score (nSPS) is 20.1. The largest absolute Gasteiger partial charge is 0.478 e. The Hall–Kier alpha value is -1.81. The minimum atomic E-state index is -0.932. The molecule has 1 unspecified atom stereocenters. The highest BCUT2D eigenvalue weighted by Crippen LogP contribution is 2.25. The molecule has 1 atom stereocenters. The minimum Gasteiger partial charge on any atom is -0.478 e. The number of aliphatic carboxylic acids is 1. The third-order valence-corrected chi connectivity index (χ3v) is 2.91. The van der Waals surface area contributed by atoms with Crippen LogP contribution in [0, 0.1) is 0 Å². The maximum absolute atomic E-state index is 10.5. The molecule has 1 aromatic carbocycles. The summed E-state index contributed by atoms with van der Waals surface area (Å²) >= 11 is 0. The first-order chi connectivity index (χ1) is 8.16. The topological polar surface area (TPSA) is 66.6 Å². The van der Waals surface area contributed by atoms with Gasteiger partial charge in [0, 0.05) is 30.9 Å². The fourth-order valence-electron chi connectivity index (χ4n) is 2.08. The molecule has 4 heteroatoms. The molecule has 0 amide bonds. The van der Waals surface area contributed by atoms with Gasteiger partial charge in [0.15, 0.2) is 0 Å². The predicted molar refractivity (Wildman–Crippen MR) is 67.9 cm³/mol. The Morgan fingerprint density at radius 2 is 2.24 bits per heavy atom. The van der Waals surface area contributed by atoms with E-state index in [4.69, 9.17) is 10.8 Å². The number of para-hydroxylation sites is 1. The van der Waals surface area contributed by atoms with E-state index in [9.17, 15) is 4.79 Å². The summed E-state index contributed by atoms with van der Waals surface area (Å²) in [5.41, 5.74) is 7.85. The molecule has 0 saturated carbocycles. The number of hydrogen-bond acceptors (Lipinski definition) is 3. The molecular weight excluding hydrogens is 216 g/mol. The third-order valence-electron chi connectivity index (χ3n) is 2.91. The van der Waals surface area contributed by atoms with Crippen molar-refractivity contribution in [2.24, 2.45) is 5.73 Å². The Morgan fingerprint density at radius 1 is 1.47 bits per heavy atom. The fourth-order valence-corrected chi connectivity index (χ4v) is 2.08. The molecule has 0 aromatic heterocycles. The monoisotopic (exact) mass is 232 g/mol. The van der Waals surface area contributed by atoms with Gasteiger partial charge in [0.1, 0.15) is 0 Å². The zero-order valence-corrected chi connectivity index (χ0v) is 9.54. The van der Waals surface area contributed by atoms with Gasteiger partial charge in [-0.1, -0.05) is 18.2 Å². The van der Waals surface area contributed by atoms with Crippen LogP contribution < -0.4 is 10.6 Å². The molecule has 2 rings (SSSR count). The molecule has 1 fully saturated rings. The molecule has 0 spiro atoms. The van der Waals surface area contributed by atoms with Gasteiger partial charge in [-0.2, -0.15) is 0 Å². The van der Waals surface area contributed by atoms with Crippen LogP contribution in [0.1, 0.15) is 12.0 Å². The molecule has 0 aliphatic carbocycles. The van der Waals surface area contributed by atoms with E-state index in [0.29, 0.717) is 0 Å². The van der Waals surface area contributed by atoms with E-state index in [1.807, 2.05) is 24.3 Å². The quantitative estimate of drug-likeness (QED) is 0.771. The number of carboxylic acids is 1. The van der Waals surface area contributed by atoms with Gasteiger partial charge in [0.25, 0.3) is 0 Å². The summed E-state index contributed by atoms with van der Waals surface area (Å²) in [6.45, 7) is 1.76. The SMILES string of the molecule is NC1CCN(c2ccccc2/C=C/C(=O)O)C1. The number of carbonyl (C=O) groups is 1. The van der Waals surface area contributed by atoms with Crippen molar-refractivity contribution in [1.82, 2.24) is 0 Å². The fraction of sp³-hybridized carbons (Fsp3) is 0.308. The number of carboxylic acid groups (broad SMARTS) is 1. The van der Waals surface area contributed by atoms with E-state index >= 15 is 0 Å². The van der Waals surface area contributed by atoms with Gasteiger partial charge < -0.3 is 15.7 Å². The number of nitrogens with two attached hydrogens (primary N) is 1. The van der Waals surface area contributed by atoms with Gasteiger partial charge in [-0.15, -0.1) is 0 Å². The van der Waals surface area contributed by atoms with E-state index in [-0.39, 0.29) is 6.04 Å². The first-order valence-electron chi connectivity index (χ1n) is 5.67. The van der Waals surface area contributed by atoms with Crippen molar-refractivity contribution in [2.45, 2.75) is 12.5 Å². The zero-order valence-electron chi connectivity index (χ0n) is 9.54. The summed E-state index contributed by atoms with van der Waals surface area (Å²) in [5.74, 6) is -0.932. The molecule has 17 heavy (non-hydrogen) atoms. The van der Waals surface area contributed by atoms with Crippen molar-refractivity contribution in [1.29, 1.82) is 0 Å². The second-order valence-electron chi connectivity index (χ2n) is 4.23. The lowest BCUT2D eigenvalue weighted by Crippen LogP contribution is -2.26. The molecule has 1 aliphatic heterocycles. The molecular formula is C13H16N2O2. The molecule has 0 bridgehead atoms. The summed E-state index contributed by atoms with van der Waals surface area (Å²) in [7, 11) is 0. The third kappa shape index (κ3) is 2.85. The lowest BCUT2D eigenvalue weighted by Gasteiger charge is -2.20. The Kier molecular flexibility index (Phi) is 3.44. The van der Waals surface area contributed by atoms with Crippen LogP contribution in [-0.4, -0.2) is 30.2 Å². The Bertz CT molecular complexity index is 443. The molecule has 1 saturated heterocycles. The maximum Gasteiger partial charge on any atom is 0.328 e. The van der Waals surface area contributed by atoms with Gasteiger partial charge in [0.2, 0.25) is 0 Å². The van der Waals surface area contributed by atoms with Crippen LogP contribution in [0.2, 0.25) is 0 Å². The highest BCUT2D eigenvalue weighted by Gasteiger charge is 2.20. The first-order valence-corrected chi connectivity index (χ1v) is 5.67. The van der Waals surface area contributed by atoms with Crippen LogP contribution in [0.25, 0.3) is 6.08 Å². The van der Waals surface area contributed by atoms with Crippen molar-refractivity contribution < 1.29 is 9.90 Å². The standard InChI is InChI=1S/C13H16N2O2/c14-11-7-8-15(9-11)12-4-2-1-3-10(12)5-6-13(16)17/h1-6,11H,7-9,14H2,(H,16,17)/b6-5+. The van der Waals surface area contributed by atoms with Crippen molar-refractivity contribution in [3.8, 4) is 0 Å². The predicted octanol–water partition coefficient (Wildman–Crippen LogP) is 1.32. The molecule has 3 N–H and O–H groups in total. The van der Waals surface area contributed by atoms with Gasteiger partial charge in [0.05, 0.1) is 0 Å². The lowest BCUT2D eigenvalue weighted by molar-refractivity contribution is -0.131. The highest BCUT2D eigenvalue weighted by molar-refractivity contribution is 5.87. The number of nitrogens with zero attached hydrogens (tertiary/aromatic N) is 1. The second-order valence-corrected chi connectivity index (χ2v) is 4.23. The van der Waals surface area contributed by atoms with E-state index in [1.54, 1.807) is 6.08 Å². The van der Waals surface area contributed by atoms with E-state index in [1.165, 1.54) is 0 Å². The molecule has 1 aliphatic rings. The average molecular weight is 232 g/mol. The van der Waals surface area contributed by atoms with Crippen molar-refractivity contribution in [2.75, 3.05) is 18.0 Å². The highest BCUT2D eigenvalue weighted by atomic mass is 16.4. The smallest absolute Gasteiger partial charge is 0.328 e. The Morgan fingerprint density at radius 3 is 2.88 bits per heavy atom. The van der Waals surface area contributed by atoms with Crippen LogP contribution in [0.4, 0.5) is 5.69 Å². The minimum absolute atomic E-state index is 0.214. The van der Waals surface area contributed by atoms with Crippen LogP contribution in [0.15, 0.2) is 30.3 Å². The van der Waals surface area contributed by atoms with Gasteiger partial charge in [-0.25, -0.2) is 4.79 Å². The lowest BCUT2D eigenvalue weighted by atomic mass is 10.1. The second kappa shape index (κ2) is 5.01. The first kappa shape index (κ1) is 11.7. The van der Waals surface area contributed by atoms with E-state index in [2.05, 4.69) is 4.90 Å². The summed E-state index contributed by atoms with van der Waals surface area (Å²) in [6.07, 6.45) is 3.77. The number of hydrogen-bond donors (Lipinski definition) is 2. The summed E-state index contributed by atoms with van der Waals surface area (Å²) in [6, 6.07) is 7.99. The number of anilines is 1. The average Bonchev–Trinajstić information content (AvgIpc) is 2.73. The molecule has 1 aromatic rings. The van der Waals surface area contributed by atoms with E-state index < -0.39 is 5.97 Å². The van der Waals surface area contributed by atoms with Gasteiger partial charge >= 0.3 is 5.97 Å². The molecule has 0 radical (unpaired) electrons. The summed E-state index contributed by atoms with van der Waals surface area (Å²) in [4.78, 5) is 12.7. The maximum atomic E-state index is 10.5. The van der Waals surface area contributed by atoms with Crippen LogP contribution in [0.5, 0.6) is 0 Å². The Balaban J connectivity index is 2.24. The molecule has 1 heterocycles. The van der Waals surface area contributed by atoms with Gasteiger partial charge in [-0.05, 0) is 24.1 Å². The van der Waals surface area contributed by atoms with Crippen molar-refractivity contribution in [3.05, 3.63) is 35.9 Å². The summed E-state index contributed by atoms with van der Waals surface area (Å²) in [5, 5.41) is 8.65. The van der Waals surface area contributed by atoms with Crippen LogP contribution >= 0.6 is 0 Å². The molecule has 4 nitrogen and oxygen atoms in total. The number of benzene rings is 1. The molecule has 90 valence electrons. The van der Waals surface area contributed by atoms with Gasteiger partial charge in [-0.3, -0.25) is 0 Å². The van der Waals surface area contributed by atoms with Crippen molar-refractivity contribution >= 4 is 17.7 Å². The van der Waals surface area contributed by atoms with E-state index in [0.717, 1.165) is 36.8 Å². The van der Waals surface area contributed by atoms with Crippen LogP contribution in [-0.2, 0) is 4.79 Å². The Labute approximate surface area is 100 Å². The van der Waals surface area contributed by atoms with Crippen LogP contribution in [0.3, 0.4) is 0 Å². The van der Waals surface area contributed by atoms with Crippen molar-refractivity contribution in [3.63, 3.8) is 0 Å².